The van der Waals surface area contributed by atoms with Crippen LogP contribution in [-0.2, 0) is 14.3 Å². The number of para-hydroxylation sites is 1. The number of rotatable bonds is 7. The number of esters is 1. The normalized spacial score (nSPS) is 10.5. The number of amides is 1. The number of anilines is 1. The topological polar surface area (TPSA) is 64.6 Å². The van der Waals surface area contributed by atoms with Crippen LogP contribution in [0.25, 0.3) is 6.08 Å². The molecule has 0 aromatic heterocycles. The van der Waals surface area contributed by atoms with Gasteiger partial charge in [-0.15, -0.1) is 0 Å². The average molecular weight is 404 g/mol. The van der Waals surface area contributed by atoms with E-state index in [0.29, 0.717) is 12.3 Å². The van der Waals surface area contributed by atoms with Crippen molar-refractivity contribution in [3.8, 4) is 5.75 Å². The fraction of sp³-hybridized carbons (Fsp3) is 0.158. The number of carbonyl (C=O) groups is 2. The molecule has 2 aromatic rings. The predicted octanol–water partition coefficient (Wildman–Crippen LogP) is 4.04. The highest BCUT2D eigenvalue weighted by Gasteiger charge is 2.07. The lowest BCUT2D eigenvalue weighted by atomic mass is 10.2. The first kappa shape index (κ1) is 18.7. The number of nitrogens with one attached hydrogen (secondary N) is 1. The van der Waals surface area contributed by atoms with E-state index in [1.165, 1.54) is 6.08 Å². The maximum atomic E-state index is 11.8. The molecule has 1 N–H and O–H groups in total. The van der Waals surface area contributed by atoms with Gasteiger partial charge in [-0.25, -0.2) is 4.79 Å². The zero-order valence-corrected chi connectivity index (χ0v) is 15.3. The molecular formula is C19H18BrNO4. The minimum absolute atomic E-state index is 0.353. The van der Waals surface area contributed by atoms with Gasteiger partial charge in [0.2, 0.25) is 0 Å². The molecule has 130 valence electrons. The van der Waals surface area contributed by atoms with Crippen LogP contribution in [0.1, 0.15) is 12.5 Å². The lowest BCUT2D eigenvalue weighted by Gasteiger charge is -2.07. The fourth-order valence-electron chi connectivity index (χ4n) is 1.94. The number of ether oxygens (including phenoxy) is 2. The average Bonchev–Trinajstić information content (AvgIpc) is 2.61. The van der Waals surface area contributed by atoms with Crippen LogP contribution >= 0.6 is 15.9 Å². The summed E-state index contributed by atoms with van der Waals surface area (Å²) in [4.78, 5) is 23.5. The summed E-state index contributed by atoms with van der Waals surface area (Å²) in [5, 5.41) is 2.66. The van der Waals surface area contributed by atoms with E-state index in [2.05, 4.69) is 21.2 Å². The van der Waals surface area contributed by atoms with E-state index < -0.39 is 11.9 Å². The van der Waals surface area contributed by atoms with Crippen LogP contribution in [-0.4, -0.2) is 25.1 Å². The van der Waals surface area contributed by atoms with E-state index in [4.69, 9.17) is 9.47 Å². The molecule has 0 saturated carbocycles. The van der Waals surface area contributed by atoms with Gasteiger partial charge in [0, 0.05) is 10.5 Å². The second kappa shape index (κ2) is 9.64. The summed E-state index contributed by atoms with van der Waals surface area (Å²) in [5.41, 5.74) is 1.45. The highest BCUT2D eigenvalue weighted by molar-refractivity contribution is 9.10. The van der Waals surface area contributed by atoms with E-state index in [1.807, 2.05) is 37.3 Å². The third-order valence-electron chi connectivity index (χ3n) is 3.10. The molecule has 0 bridgehead atoms. The lowest BCUT2D eigenvalue weighted by molar-refractivity contribution is -0.142. The van der Waals surface area contributed by atoms with E-state index in [1.54, 1.807) is 24.3 Å². The first-order valence-corrected chi connectivity index (χ1v) is 8.50. The fourth-order valence-corrected chi connectivity index (χ4v) is 2.32. The molecular weight excluding hydrogens is 386 g/mol. The van der Waals surface area contributed by atoms with Gasteiger partial charge < -0.3 is 14.8 Å². The molecule has 5 nitrogen and oxygen atoms in total. The Morgan fingerprint density at radius 1 is 1.12 bits per heavy atom. The van der Waals surface area contributed by atoms with Crippen LogP contribution in [0.4, 0.5) is 5.69 Å². The van der Waals surface area contributed by atoms with Crippen LogP contribution in [0.5, 0.6) is 5.75 Å². The molecule has 0 spiro atoms. The Bertz CT molecular complexity index is 756. The molecule has 0 aliphatic rings. The van der Waals surface area contributed by atoms with Gasteiger partial charge in [-0.3, -0.25) is 4.79 Å². The lowest BCUT2D eigenvalue weighted by Crippen LogP contribution is -2.20. The Balaban J connectivity index is 1.79. The van der Waals surface area contributed by atoms with Gasteiger partial charge in [0.25, 0.3) is 5.91 Å². The number of benzene rings is 2. The molecule has 2 aromatic carbocycles. The van der Waals surface area contributed by atoms with E-state index in [9.17, 15) is 9.59 Å². The van der Waals surface area contributed by atoms with Gasteiger partial charge in [0.15, 0.2) is 6.61 Å². The summed E-state index contributed by atoms with van der Waals surface area (Å²) in [7, 11) is 0. The van der Waals surface area contributed by atoms with Crippen LogP contribution in [0.2, 0.25) is 0 Å². The van der Waals surface area contributed by atoms with Gasteiger partial charge in [0.1, 0.15) is 5.75 Å². The Morgan fingerprint density at radius 2 is 1.84 bits per heavy atom. The molecule has 0 radical (unpaired) electrons. The maximum absolute atomic E-state index is 11.8. The molecule has 0 heterocycles. The van der Waals surface area contributed by atoms with Crippen LogP contribution in [0.3, 0.4) is 0 Å². The molecule has 0 fully saturated rings. The van der Waals surface area contributed by atoms with Crippen molar-refractivity contribution in [1.29, 1.82) is 0 Å². The van der Waals surface area contributed by atoms with E-state index >= 15 is 0 Å². The zero-order chi connectivity index (χ0) is 18.1. The molecule has 0 unspecified atom stereocenters. The minimum Gasteiger partial charge on any atom is -0.494 e. The molecule has 0 aliphatic heterocycles. The van der Waals surface area contributed by atoms with Crippen molar-refractivity contribution in [2.24, 2.45) is 0 Å². The first-order chi connectivity index (χ1) is 12.1. The van der Waals surface area contributed by atoms with Crippen LogP contribution < -0.4 is 10.1 Å². The summed E-state index contributed by atoms with van der Waals surface area (Å²) in [6, 6.07) is 14.5. The summed E-state index contributed by atoms with van der Waals surface area (Å²) >= 11 is 3.33. The van der Waals surface area contributed by atoms with E-state index in [-0.39, 0.29) is 6.61 Å². The molecule has 1 amide bonds. The smallest absolute Gasteiger partial charge is 0.331 e. The number of hydrogen-bond donors (Lipinski definition) is 1. The van der Waals surface area contributed by atoms with Gasteiger partial charge in [0.05, 0.1) is 12.3 Å². The highest BCUT2D eigenvalue weighted by atomic mass is 79.9. The van der Waals surface area contributed by atoms with Crippen molar-refractivity contribution < 1.29 is 19.1 Å². The van der Waals surface area contributed by atoms with Crippen LogP contribution in [0, 0.1) is 0 Å². The zero-order valence-electron chi connectivity index (χ0n) is 13.7. The van der Waals surface area contributed by atoms with Gasteiger partial charge in [-0.1, -0.05) is 24.3 Å². The number of carbonyl (C=O) groups excluding carboxylic acids is 2. The first-order valence-electron chi connectivity index (χ1n) is 7.70. The Hall–Kier alpha value is -2.60. The number of hydrogen-bond acceptors (Lipinski definition) is 4. The summed E-state index contributed by atoms with van der Waals surface area (Å²) in [5.74, 6) is -0.225. The van der Waals surface area contributed by atoms with E-state index in [0.717, 1.165) is 15.8 Å². The van der Waals surface area contributed by atoms with Crippen molar-refractivity contribution in [1.82, 2.24) is 0 Å². The summed E-state index contributed by atoms with van der Waals surface area (Å²) in [6.07, 6.45) is 2.89. The minimum atomic E-state index is -0.587. The molecule has 2 rings (SSSR count). The SMILES string of the molecule is CCOc1ccc(/C=C/C(=O)OCC(=O)Nc2ccccc2Br)cc1. The van der Waals surface area contributed by atoms with Crippen molar-refractivity contribution >= 4 is 39.6 Å². The molecule has 6 heteroatoms. The largest absolute Gasteiger partial charge is 0.494 e. The van der Waals surface area contributed by atoms with Gasteiger partial charge in [-0.2, -0.15) is 0 Å². The van der Waals surface area contributed by atoms with Crippen molar-refractivity contribution in [3.05, 3.63) is 64.6 Å². The second-order valence-corrected chi connectivity index (χ2v) is 5.83. The van der Waals surface area contributed by atoms with Crippen molar-refractivity contribution in [2.45, 2.75) is 6.92 Å². The Kier molecular flexibility index (Phi) is 7.22. The van der Waals surface area contributed by atoms with Crippen LogP contribution in [0.15, 0.2) is 59.1 Å². The molecule has 0 atom stereocenters. The quantitative estimate of drug-likeness (QED) is 0.559. The third kappa shape index (κ3) is 6.43. The summed E-state index contributed by atoms with van der Waals surface area (Å²) < 4.78 is 11.0. The maximum Gasteiger partial charge on any atom is 0.331 e. The molecule has 0 aliphatic carbocycles. The molecule has 0 saturated heterocycles. The highest BCUT2D eigenvalue weighted by Crippen LogP contribution is 2.20. The van der Waals surface area contributed by atoms with Crippen molar-refractivity contribution in [2.75, 3.05) is 18.5 Å². The Labute approximate surface area is 154 Å². The van der Waals surface area contributed by atoms with Gasteiger partial charge >= 0.3 is 5.97 Å². The molecule has 25 heavy (non-hydrogen) atoms. The summed E-state index contributed by atoms with van der Waals surface area (Å²) in [6.45, 7) is 2.16. The standard InChI is InChI=1S/C19H18BrNO4/c1-2-24-15-10-7-14(8-11-15)9-12-19(23)25-13-18(22)21-17-6-4-3-5-16(17)20/h3-12H,2,13H2,1H3,(H,21,22)/b12-9+. The third-order valence-corrected chi connectivity index (χ3v) is 3.79. The van der Waals surface area contributed by atoms with Gasteiger partial charge in [-0.05, 0) is 58.8 Å². The Morgan fingerprint density at radius 3 is 2.52 bits per heavy atom. The predicted molar refractivity (Wildman–Crippen MR) is 100 cm³/mol. The van der Waals surface area contributed by atoms with Crippen molar-refractivity contribution in [3.63, 3.8) is 0 Å². The monoisotopic (exact) mass is 403 g/mol. The number of halogens is 1. The second-order valence-electron chi connectivity index (χ2n) is 4.97.